The van der Waals surface area contributed by atoms with Gasteiger partial charge in [-0.25, -0.2) is 17.9 Å². The second-order valence-corrected chi connectivity index (χ2v) is 10.1. The molecule has 0 aliphatic carbocycles. The van der Waals surface area contributed by atoms with Crippen molar-refractivity contribution in [3.8, 4) is 0 Å². The largest absolute Gasteiger partial charge is 0.352 e. The molecule has 8 nitrogen and oxygen atoms in total. The van der Waals surface area contributed by atoms with Crippen LogP contribution in [0.1, 0.15) is 28.7 Å². The summed E-state index contributed by atoms with van der Waals surface area (Å²) in [5.74, 6) is -0.288. The standard InChI is InChI=1S/C26H30N4O4S/c1-18-6-4-8-22(15-18)29-26(32)30-23-9-5-7-21(16-23)17-27-25(31)12-13-28-35(33,34)24-11-10-19(2)14-20(24)3/h4-11,14-16,28H,12-13,17H2,1-3H3,(H,27,31)(H2,29,30,32). The number of carbonyl (C=O) groups excluding carboxylic acids is 2. The summed E-state index contributed by atoms with van der Waals surface area (Å²) in [5.41, 5.74) is 4.75. The van der Waals surface area contributed by atoms with E-state index in [1.54, 1.807) is 49.4 Å². The van der Waals surface area contributed by atoms with Gasteiger partial charge < -0.3 is 16.0 Å². The second-order valence-electron chi connectivity index (χ2n) is 8.34. The normalized spacial score (nSPS) is 11.1. The topological polar surface area (TPSA) is 116 Å². The first-order valence-corrected chi connectivity index (χ1v) is 12.7. The number of rotatable bonds is 9. The van der Waals surface area contributed by atoms with Crippen LogP contribution in [0.25, 0.3) is 0 Å². The van der Waals surface area contributed by atoms with E-state index in [4.69, 9.17) is 0 Å². The van der Waals surface area contributed by atoms with Crippen LogP contribution in [0, 0.1) is 20.8 Å². The molecule has 4 N–H and O–H groups in total. The van der Waals surface area contributed by atoms with Crippen molar-refractivity contribution in [1.82, 2.24) is 10.0 Å². The van der Waals surface area contributed by atoms with Crippen LogP contribution in [0.4, 0.5) is 16.2 Å². The maximum Gasteiger partial charge on any atom is 0.323 e. The number of hydrogen-bond donors (Lipinski definition) is 4. The Morgan fingerprint density at radius 3 is 2.14 bits per heavy atom. The summed E-state index contributed by atoms with van der Waals surface area (Å²) in [4.78, 5) is 24.7. The lowest BCUT2D eigenvalue weighted by atomic mass is 10.2. The molecule has 35 heavy (non-hydrogen) atoms. The summed E-state index contributed by atoms with van der Waals surface area (Å²) >= 11 is 0. The summed E-state index contributed by atoms with van der Waals surface area (Å²) in [7, 11) is -3.69. The van der Waals surface area contributed by atoms with E-state index in [0.717, 1.165) is 16.7 Å². The van der Waals surface area contributed by atoms with E-state index in [0.29, 0.717) is 16.9 Å². The van der Waals surface area contributed by atoms with Crippen LogP contribution in [0.5, 0.6) is 0 Å². The first-order valence-electron chi connectivity index (χ1n) is 11.2. The molecule has 0 heterocycles. The fraction of sp³-hybridized carbons (Fsp3) is 0.231. The summed E-state index contributed by atoms with van der Waals surface area (Å²) < 4.78 is 27.5. The number of aryl methyl sites for hydroxylation is 3. The van der Waals surface area contributed by atoms with Gasteiger partial charge in [0.1, 0.15) is 0 Å². The molecule has 0 atom stereocenters. The Morgan fingerprint density at radius 2 is 1.46 bits per heavy atom. The Kier molecular flexibility index (Phi) is 8.62. The van der Waals surface area contributed by atoms with Crippen LogP contribution in [-0.4, -0.2) is 26.9 Å². The van der Waals surface area contributed by atoms with Crippen molar-refractivity contribution in [1.29, 1.82) is 0 Å². The number of benzene rings is 3. The Balaban J connectivity index is 1.46. The van der Waals surface area contributed by atoms with Gasteiger partial charge in [0.25, 0.3) is 0 Å². The first-order chi connectivity index (χ1) is 16.6. The van der Waals surface area contributed by atoms with Crippen molar-refractivity contribution in [3.63, 3.8) is 0 Å². The van der Waals surface area contributed by atoms with Gasteiger partial charge in [-0.3, -0.25) is 4.79 Å². The molecule has 0 fully saturated rings. The molecule has 0 saturated carbocycles. The third-order valence-electron chi connectivity index (χ3n) is 5.21. The highest BCUT2D eigenvalue weighted by atomic mass is 32.2. The van der Waals surface area contributed by atoms with Crippen LogP contribution >= 0.6 is 0 Å². The first kappa shape index (κ1) is 25.9. The maximum absolute atomic E-state index is 12.5. The molecule has 0 aromatic heterocycles. The quantitative estimate of drug-likeness (QED) is 0.356. The zero-order valence-electron chi connectivity index (χ0n) is 20.0. The van der Waals surface area contributed by atoms with Gasteiger partial charge in [0.05, 0.1) is 4.90 Å². The number of urea groups is 1. The molecule has 3 aromatic rings. The van der Waals surface area contributed by atoms with Crippen LogP contribution < -0.4 is 20.7 Å². The van der Waals surface area contributed by atoms with Gasteiger partial charge in [0.2, 0.25) is 15.9 Å². The molecular formula is C26H30N4O4S. The lowest BCUT2D eigenvalue weighted by Crippen LogP contribution is -2.31. The van der Waals surface area contributed by atoms with Gasteiger partial charge in [-0.15, -0.1) is 0 Å². The fourth-order valence-corrected chi connectivity index (χ4v) is 4.80. The molecule has 184 valence electrons. The molecule has 9 heteroatoms. The molecule has 0 radical (unpaired) electrons. The van der Waals surface area contributed by atoms with E-state index in [9.17, 15) is 18.0 Å². The van der Waals surface area contributed by atoms with Gasteiger partial charge in [-0.2, -0.15) is 0 Å². The van der Waals surface area contributed by atoms with Crippen molar-refractivity contribution in [2.75, 3.05) is 17.2 Å². The third kappa shape index (κ3) is 7.94. The monoisotopic (exact) mass is 494 g/mol. The van der Waals surface area contributed by atoms with Crippen molar-refractivity contribution < 1.29 is 18.0 Å². The lowest BCUT2D eigenvalue weighted by molar-refractivity contribution is -0.121. The third-order valence-corrected chi connectivity index (χ3v) is 6.84. The molecule has 0 unspecified atom stereocenters. The van der Waals surface area contributed by atoms with Gasteiger partial charge in [-0.05, 0) is 67.8 Å². The highest BCUT2D eigenvalue weighted by Gasteiger charge is 2.16. The maximum atomic E-state index is 12.5. The van der Waals surface area contributed by atoms with Crippen LogP contribution in [0.3, 0.4) is 0 Å². The van der Waals surface area contributed by atoms with E-state index >= 15 is 0 Å². The van der Waals surface area contributed by atoms with Gasteiger partial charge in [0.15, 0.2) is 0 Å². The highest BCUT2D eigenvalue weighted by Crippen LogP contribution is 2.16. The summed E-state index contributed by atoms with van der Waals surface area (Å²) in [6, 6.07) is 19.3. The Labute approximate surface area is 206 Å². The molecule has 0 saturated heterocycles. The molecule has 0 aliphatic heterocycles. The Morgan fingerprint density at radius 1 is 0.800 bits per heavy atom. The van der Waals surface area contributed by atoms with Crippen molar-refractivity contribution in [3.05, 3.63) is 89.0 Å². The van der Waals surface area contributed by atoms with Crippen molar-refractivity contribution in [2.45, 2.75) is 38.6 Å². The second kappa shape index (κ2) is 11.6. The molecule has 0 bridgehead atoms. The lowest BCUT2D eigenvalue weighted by Gasteiger charge is -2.11. The van der Waals surface area contributed by atoms with Gasteiger partial charge in [0, 0.05) is 30.9 Å². The SMILES string of the molecule is Cc1cccc(NC(=O)Nc2cccc(CNC(=O)CCNS(=O)(=O)c3ccc(C)cc3C)c2)c1. The fourth-order valence-electron chi connectivity index (χ4n) is 3.54. The van der Waals surface area contributed by atoms with Crippen molar-refractivity contribution >= 4 is 33.3 Å². The van der Waals surface area contributed by atoms with E-state index in [1.807, 2.05) is 38.1 Å². The summed E-state index contributed by atoms with van der Waals surface area (Å²) in [5, 5.41) is 8.32. The number of sulfonamides is 1. The van der Waals surface area contributed by atoms with Gasteiger partial charge >= 0.3 is 6.03 Å². The summed E-state index contributed by atoms with van der Waals surface area (Å²) in [6.45, 7) is 5.82. The molecule has 3 rings (SSSR count). The number of anilines is 2. The predicted molar refractivity (Wildman–Crippen MR) is 138 cm³/mol. The minimum absolute atomic E-state index is 0.000970. The van der Waals surface area contributed by atoms with E-state index < -0.39 is 10.0 Å². The van der Waals surface area contributed by atoms with Crippen LogP contribution in [0.2, 0.25) is 0 Å². The molecule has 0 aliphatic rings. The minimum Gasteiger partial charge on any atom is -0.352 e. The van der Waals surface area contributed by atoms with Gasteiger partial charge in [-0.1, -0.05) is 42.0 Å². The Hall–Kier alpha value is -3.69. The van der Waals surface area contributed by atoms with Crippen molar-refractivity contribution in [2.24, 2.45) is 0 Å². The highest BCUT2D eigenvalue weighted by molar-refractivity contribution is 7.89. The predicted octanol–water partition coefficient (Wildman–Crippen LogP) is 4.24. The zero-order valence-corrected chi connectivity index (χ0v) is 20.8. The van der Waals surface area contributed by atoms with Crippen LogP contribution in [-0.2, 0) is 21.4 Å². The van der Waals surface area contributed by atoms with E-state index in [2.05, 4.69) is 20.7 Å². The number of nitrogens with one attached hydrogen (secondary N) is 4. The van der Waals surface area contributed by atoms with Crippen LogP contribution in [0.15, 0.2) is 71.6 Å². The molecular weight excluding hydrogens is 464 g/mol. The summed E-state index contributed by atoms with van der Waals surface area (Å²) in [6.07, 6.45) is 0.000970. The zero-order chi connectivity index (χ0) is 25.4. The number of amides is 3. The Bertz CT molecular complexity index is 1320. The minimum atomic E-state index is -3.69. The molecule has 3 amide bonds. The smallest absolute Gasteiger partial charge is 0.323 e. The van der Waals surface area contributed by atoms with E-state index in [-0.39, 0.29) is 36.3 Å². The number of carbonyl (C=O) groups is 2. The molecule has 3 aromatic carbocycles. The van der Waals surface area contributed by atoms with E-state index in [1.165, 1.54) is 0 Å². The number of hydrogen-bond acceptors (Lipinski definition) is 4. The average Bonchev–Trinajstić information content (AvgIpc) is 2.77. The molecule has 0 spiro atoms. The average molecular weight is 495 g/mol.